The highest BCUT2D eigenvalue weighted by Crippen LogP contribution is 2.21. The van der Waals surface area contributed by atoms with Gasteiger partial charge < -0.3 is 10.4 Å². The molecule has 2 N–H and O–H groups in total. The number of carboxylic acids is 1. The van der Waals surface area contributed by atoms with Crippen molar-refractivity contribution in [2.45, 2.75) is 44.9 Å². The predicted octanol–water partition coefficient (Wildman–Crippen LogP) is 3.70. The van der Waals surface area contributed by atoms with Crippen LogP contribution < -0.4 is 5.32 Å². The number of carboxylic acid groups (broad SMARTS) is 1. The number of hydrogen-bond acceptors (Lipinski definition) is 2. The van der Waals surface area contributed by atoms with Crippen LogP contribution in [0.2, 0.25) is 0 Å². The number of carbonyl (C=O) groups excluding carboxylic acids is 1. The van der Waals surface area contributed by atoms with Gasteiger partial charge in [-0.3, -0.25) is 9.59 Å². The van der Waals surface area contributed by atoms with E-state index in [0.29, 0.717) is 12.1 Å². The number of aliphatic carboxylic acids is 1. The quantitative estimate of drug-likeness (QED) is 0.811. The molecule has 0 heterocycles. The van der Waals surface area contributed by atoms with E-state index in [1.807, 2.05) is 0 Å². The Hall–Kier alpha value is -2.10. The molecule has 4 heteroatoms. The Morgan fingerprint density at radius 1 is 1.24 bits per heavy atom. The number of amides is 1. The molecule has 0 aromatic heterocycles. The lowest BCUT2D eigenvalue weighted by atomic mass is 9.97. The zero-order valence-corrected chi connectivity index (χ0v) is 12.3. The highest BCUT2D eigenvalue weighted by Gasteiger charge is 2.13. The Bertz CT molecular complexity index is 546. The highest BCUT2D eigenvalue weighted by molar-refractivity contribution is 5.92. The maximum absolute atomic E-state index is 12.0. The van der Waals surface area contributed by atoms with Gasteiger partial charge in [0.1, 0.15) is 0 Å². The average molecular weight is 287 g/mol. The zero-order valence-electron chi connectivity index (χ0n) is 12.3. The van der Waals surface area contributed by atoms with Crippen LogP contribution in [0.4, 0.5) is 5.69 Å². The third-order valence-electron chi connectivity index (χ3n) is 3.84. The van der Waals surface area contributed by atoms with Gasteiger partial charge in [-0.2, -0.15) is 0 Å². The van der Waals surface area contributed by atoms with Crippen LogP contribution in [0.3, 0.4) is 0 Å². The fraction of sp³-hybridized carbons (Fsp3) is 0.412. The molecule has 0 saturated carbocycles. The lowest BCUT2D eigenvalue weighted by molar-refractivity contribution is -0.138. The van der Waals surface area contributed by atoms with E-state index in [9.17, 15) is 9.59 Å². The van der Waals surface area contributed by atoms with Crippen molar-refractivity contribution < 1.29 is 14.7 Å². The Kier molecular flexibility index (Phi) is 5.14. The maximum atomic E-state index is 12.0. The van der Waals surface area contributed by atoms with Crippen molar-refractivity contribution in [2.24, 2.45) is 0 Å². The number of benzene rings is 1. The van der Waals surface area contributed by atoms with Gasteiger partial charge in [-0.05, 0) is 50.3 Å². The molecule has 1 aromatic carbocycles. The second-order valence-corrected chi connectivity index (χ2v) is 5.52. The molecule has 0 spiro atoms. The van der Waals surface area contributed by atoms with E-state index in [4.69, 9.17) is 5.11 Å². The van der Waals surface area contributed by atoms with E-state index >= 15 is 0 Å². The number of nitrogens with one attached hydrogen (secondary N) is 1. The molecule has 1 aromatic rings. The third-order valence-corrected chi connectivity index (χ3v) is 3.84. The molecule has 1 amide bonds. The monoisotopic (exact) mass is 287 g/mol. The molecule has 0 saturated heterocycles. The summed E-state index contributed by atoms with van der Waals surface area (Å²) >= 11 is 0. The molecule has 21 heavy (non-hydrogen) atoms. The summed E-state index contributed by atoms with van der Waals surface area (Å²) in [6.45, 7) is 1.64. The highest BCUT2D eigenvalue weighted by atomic mass is 16.4. The summed E-state index contributed by atoms with van der Waals surface area (Å²) in [6.07, 6.45) is 7.09. The van der Waals surface area contributed by atoms with Crippen molar-refractivity contribution in [1.82, 2.24) is 0 Å². The molecular weight excluding hydrogens is 266 g/mol. The second-order valence-electron chi connectivity index (χ2n) is 5.52. The summed E-state index contributed by atoms with van der Waals surface area (Å²) in [7, 11) is 0. The van der Waals surface area contributed by atoms with E-state index in [0.717, 1.165) is 18.4 Å². The minimum absolute atomic E-state index is 0.0119. The fourth-order valence-corrected chi connectivity index (χ4v) is 2.47. The summed E-state index contributed by atoms with van der Waals surface area (Å²) in [5.74, 6) is -1.40. The molecule has 0 fully saturated rings. The van der Waals surface area contributed by atoms with Gasteiger partial charge in [-0.15, -0.1) is 0 Å². The Labute approximate surface area is 124 Å². The summed E-state index contributed by atoms with van der Waals surface area (Å²) < 4.78 is 0. The van der Waals surface area contributed by atoms with Crippen LogP contribution in [0.1, 0.15) is 50.5 Å². The molecule has 1 unspecified atom stereocenters. The van der Waals surface area contributed by atoms with Gasteiger partial charge in [-0.1, -0.05) is 23.8 Å². The van der Waals surface area contributed by atoms with Crippen LogP contribution in [0.5, 0.6) is 0 Å². The summed E-state index contributed by atoms with van der Waals surface area (Å²) in [5.41, 5.74) is 2.66. The zero-order chi connectivity index (χ0) is 15.2. The molecular formula is C17H21NO3. The summed E-state index contributed by atoms with van der Waals surface area (Å²) in [6, 6.07) is 6.99. The van der Waals surface area contributed by atoms with E-state index in [-0.39, 0.29) is 5.91 Å². The van der Waals surface area contributed by atoms with Gasteiger partial charge in [0, 0.05) is 12.1 Å². The minimum atomic E-state index is -0.851. The fourth-order valence-electron chi connectivity index (χ4n) is 2.47. The summed E-state index contributed by atoms with van der Waals surface area (Å²) in [4.78, 5) is 22.9. The number of rotatable bonds is 5. The van der Waals surface area contributed by atoms with Crippen LogP contribution in [0.15, 0.2) is 35.9 Å². The molecule has 4 nitrogen and oxygen atoms in total. The Morgan fingerprint density at radius 2 is 1.95 bits per heavy atom. The normalized spacial score (nSPS) is 16.0. The molecule has 1 aliphatic carbocycles. The molecule has 1 aliphatic rings. The van der Waals surface area contributed by atoms with Crippen molar-refractivity contribution in [2.75, 3.05) is 5.32 Å². The lowest BCUT2D eigenvalue weighted by Crippen LogP contribution is -2.13. The van der Waals surface area contributed by atoms with Crippen LogP contribution in [-0.4, -0.2) is 17.0 Å². The number of anilines is 1. The van der Waals surface area contributed by atoms with Gasteiger partial charge in [0.25, 0.3) is 0 Å². The van der Waals surface area contributed by atoms with Crippen molar-refractivity contribution in [3.8, 4) is 0 Å². The van der Waals surface area contributed by atoms with E-state index in [1.165, 1.54) is 18.4 Å². The van der Waals surface area contributed by atoms with Crippen LogP contribution in [0, 0.1) is 0 Å². The van der Waals surface area contributed by atoms with E-state index in [2.05, 4.69) is 11.4 Å². The van der Waals surface area contributed by atoms with Crippen molar-refractivity contribution in [1.29, 1.82) is 0 Å². The van der Waals surface area contributed by atoms with Crippen LogP contribution >= 0.6 is 0 Å². The van der Waals surface area contributed by atoms with Crippen molar-refractivity contribution in [3.05, 3.63) is 41.5 Å². The van der Waals surface area contributed by atoms with Gasteiger partial charge in [0.15, 0.2) is 0 Å². The molecule has 0 aliphatic heterocycles. The largest absolute Gasteiger partial charge is 0.481 e. The molecule has 112 valence electrons. The van der Waals surface area contributed by atoms with Crippen LogP contribution in [-0.2, 0) is 9.59 Å². The van der Waals surface area contributed by atoms with Gasteiger partial charge >= 0.3 is 5.97 Å². The van der Waals surface area contributed by atoms with Crippen molar-refractivity contribution in [3.63, 3.8) is 0 Å². The first kappa shape index (κ1) is 15.3. The Morgan fingerprint density at radius 3 is 2.52 bits per heavy atom. The lowest BCUT2D eigenvalue weighted by Gasteiger charge is -2.13. The second kappa shape index (κ2) is 7.07. The average Bonchev–Trinajstić information content (AvgIpc) is 2.48. The van der Waals surface area contributed by atoms with Gasteiger partial charge in [0.2, 0.25) is 5.91 Å². The first-order valence-corrected chi connectivity index (χ1v) is 7.37. The number of hydrogen-bond donors (Lipinski definition) is 2. The number of carbonyl (C=O) groups is 2. The Balaban J connectivity index is 1.92. The molecule has 2 rings (SSSR count). The van der Waals surface area contributed by atoms with Gasteiger partial charge in [0.05, 0.1) is 5.92 Å². The van der Waals surface area contributed by atoms with Crippen LogP contribution in [0.25, 0.3) is 0 Å². The molecule has 1 atom stereocenters. The number of allylic oxidation sites excluding steroid dienone is 1. The maximum Gasteiger partial charge on any atom is 0.310 e. The van der Waals surface area contributed by atoms with Gasteiger partial charge in [-0.25, -0.2) is 0 Å². The molecule has 0 radical (unpaired) electrons. The SMILES string of the molecule is CC(C(=O)O)c1ccc(NC(=O)CC2=CCCCC2)cc1. The smallest absolute Gasteiger partial charge is 0.310 e. The van der Waals surface area contributed by atoms with Crippen molar-refractivity contribution >= 4 is 17.6 Å². The van der Waals surface area contributed by atoms with E-state index in [1.54, 1.807) is 31.2 Å². The predicted molar refractivity (Wildman–Crippen MR) is 82.3 cm³/mol. The molecule has 0 bridgehead atoms. The first-order valence-electron chi connectivity index (χ1n) is 7.37. The first-order chi connectivity index (χ1) is 10.1. The standard InChI is InChI=1S/C17H21NO3/c1-12(17(20)21)14-7-9-15(10-8-14)18-16(19)11-13-5-3-2-4-6-13/h5,7-10,12H,2-4,6,11H2,1H3,(H,18,19)(H,20,21). The van der Waals surface area contributed by atoms with E-state index < -0.39 is 11.9 Å². The summed E-state index contributed by atoms with van der Waals surface area (Å²) in [5, 5.41) is 11.8. The third kappa shape index (κ3) is 4.45. The minimum Gasteiger partial charge on any atom is -0.481 e. The topological polar surface area (TPSA) is 66.4 Å².